The van der Waals surface area contributed by atoms with Crippen LogP contribution in [0.5, 0.6) is 11.5 Å². The lowest BCUT2D eigenvalue weighted by Crippen LogP contribution is -2.39. The molecule has 0 unspecified atom stereocenters. The number of thiazole rings is 1. The summed E-state index contributed by atoms with van der Waals surface area (Å²) in [5, 5.41) is 2.29. The number of carbonyl (C=O) groups is 1. The first-order valence-electron chi connectivity index (χ1n) is 15.7. The zero-order chi connectivity index (χ0) is 33.0. The lowest BCUT2D eigenvalue weighted by Gasteiger charge is -2.25. The molecule has 7 nitrogen and oxygen atoms in total. The van der Waals surface area contributed by atoms with E-state index < -0.39 is 12.0 Å². The molecule has 8 heteroatoms. The Bertz CT molecular complexity index is 2340. The maximum atomic E-state index is 14.2. The molecule has 238 valence electrons. The summed E-state index contributed by atoms with van der Waals surface area (Å²) >= 11 is 1.28. The first-order chi connectivity index (χ1) is 23.6. The zero-order valence-electron chi connectivity index (χ0n) is 26.5. The molecule has 0 spiro atoms. The van der Waals surface area contributed by atoms with Crippen LogP contribution in [0.4, 0.5) is 0 Å². The van der Waals surface area contributed by atoms with Crippen molar-refractivity contribution in [3.63, 3.8) is 0 Å². The number of esters is 1. The third-order valence-corrected chi connectivity index (χ3v) is 9.22. The molecular weight excluding hydrogens is 621 g/mol. The summed E-state index contributed by atoms with van der Waals surface area (Å²) in [7, 11) is 1.60. The number of carbonyl (C=O) groups excluding carboxylic acids is 1. The zero-order valence-corrected chi connectivity index (χ0v) is 27.3. The minimum Gasteiger partial charge on any atom is -0.493 e. The topological polar surface area (TPSA) is 79.1 Å². The Kier molecular flexibility index (Phi) is 8.72. The summed E-state index contributed by atoms with van der Waals surface area (Å²) in [5.74, 6) is 0.640. The molecular formula is C40H32N2O5S. The van der Waals surface area contributed by atoms with Gasteiger partial charge in [0, 0.05) is 5.56 Å². The second-order valence-corrected chi connectivity index (χ2v) is 12.2. The molecule has 1 aliphatic rings. The first kappa shape index (κ1) is 30.9. The molecule has 48 heavy (non-hydrogen) atoms. The predicted octanol–water partition coefficient (Wildman–Crippen LogP) is 6.68. The Labute approximate surface area is 281 Å². The predicted molar refractivity (Wildman–Crippen MR) is 189 cm³/mol. The number of aromatic nitrogens is 1. The van der Waals surface area contributed by atoms with Crippen LogP contribution in [-0.2, 0) is 16.1 Å². The van der Waals surface area contributed by atoms with Gasteiger partial charge < -0.3 is 14.2 Å². The van der Waals surface area contributed by atoms with E-state index in [2.05, 4.69) is 24.3 Å². The molecule has 0 fully saturated rings. The highest BCUT2D eigenvalue weighted by Crippen LogP contribution is 2.35. The Morgan fingerprint density at radius 1 is 0.875 bits per heavy atom. The Morgan fingerprint density at radius 2 is 1.60 bits per heavy atom. The van der Waals surface area contributed by atoms with Gasteiger partial charge in [-0.1, -0.05) is 121 Å². The van der Waals surface area contributed by atoms with Crippen LogP contribution in [0.3, 0.4) is 0 Å². The Morgan fingerprint density at radius 3 is 2.38 bits per heavy atom. The summed E-state index contributed by atoms with van der Waals surface area (Å²) in [4.78, 5) is 33.2. The van der Waals surface area contributed by atoms with Gasteiger partial charge >= 0.3 is 5.97 Å². The molecule has 1 atom stereocenters. The van der Waals surface area contributed by atoms with E-state index in [9.17, 15) is 9.59 Å². The molecule has 0 bridgehead atoms. The van der Waals surface area contributed by atoms with Crippen LogP contribution in [0.2, 0.25) is 0 Å². The third-order valence-electron chi connectivity index (χ3n) is 8.24. The summed E-state index contributed by atoms with van der Waals surface area (Å²) in [5.41, 5.74) is 3.95. The lowest BCUT2D eigenvalue weighted by molar-refractivity contribution is -0.138. The molecule has 0 N–H and O–H groups in total. The van der Waals surface area contributed by atoms with E-state index in [1.807, 2.05) is 103 Å². The quantitative estimate of drug-likeness (QED) is 0.163. The van der Waals surface area contributed by atoms with Crippen molar-refractivity contribution in [3.05, 3.63) is 169 Å². The van der Waals surface area contributed by atoms with E-state index in [-0.39, 0.29) is 12.2 Å². The Hall–Kier alpha value is -5.73. The second-order valence-electron chi connectivity index (χ2n) is 11.2. The normalized spacial score (nSPS) is 14.4. The molecule has 7 rings (SSSR count). The maximum absolute atomic E-state index is 14.2. The number of nitrogens with zero attached hydrogens (tertiary/aromatic N) is 2. The van der Waals surface area contributed by atoms with Crippen molar-refractivity contribution in [1.82, 2.24) is 4.57 Å². The van der Waals surface area contributed by atoms with Gasteiger partial charge in [-0.25, -0.2) is 9.79 Å². The minimum absolute atomic E-state index is 0.194. The number of hydrogen-bond acceptors (Lipinski definition) is 7. The highest BCUT2D eigenvalue weighted by atomic mass is 32.1. The molecule has 0 radical (unpaired) electrons. The van der Waals surface area contributed by atoms with E-state index in [0.717, 1.165) is 33.0 Å². The van der Waals surface area contributed by atoms with Crippen molar-refractivity contribution in [2.45, 2.75) is 19.6 Å². The van der Waals surface area contributed by atoms with Crippen molar-refractivity contribution in [1.29, 1.82) is 0 Å². The van der Waals surface area contributed by atoms with Gasteiger partial charge in [-0.3, -0.25) is 9.36 Å². The van der Waals surface area contributed by atoms with Crippen molar-refractivity contribution in [3.8, 4) is 11.5 Å². The number of methoxy groups -OCH3 is 1. The van der Waals surface area contributed by atoms with Crippen molar-refractivity contribution < 1.29 is 19.0 Å². The van der Waals surface area contributed by atoms with Gasteiger partial charge in [-0.15, -0.1) is 0 Å². The molecule has 1 aliphatic heterocycles. The summed E-state index contributed by atoms with van der Waals surface area (Å²) in [6, 6.07) is 38.3. The number of rotatable bonds is 9. The fourth-order valence-corrected chi connectivity index (χ4v) is 7.01. The van der Waals surface area contributed by atoms with Crippen LogP contribution >= 0.6 is 11.3 Å². The smallest absolute Gasteiger partial charge is 0.338 e. The standard InChI is InChI=1S/C40H32N2O5S/c1-3-46-39(44)35-36(28-14-6-4-7-15-28)41-40-42(37(35)29-16-8-5-9-17-29)38(43)34(48-40)24-26-21-22-32(33(23-26)45-2)47-25-30-19-12-18-27-13-10-11-20-31(27)30/h4-24,37H,3,25H2,1-2H3/b34-24-/t37-/m1/s1. The van der Waals surface area contributed by atoms with E-state index >= 15 is 0 Å². The molecule has 1 aromatic heterocycles. The van der Waals surface area contributed by atoms with Gasteiger partial charge in [0.05, 0.1) is 35.6 Å². The minimum atomic E-state index is -0.724. The van der Waals surface area contributed by atoms with Crippen molar-refractivity contribution in [2.24, 2.45) is 4.99 Å². The number of fused-ring (bicyclic) bond motifs is 2. The van der Waals surface area contributed by atoms with E-state index in [1.54, 1.807) is 18.6 Å². The summed E-state index contributed by atoms with van der Waals surface area (Å²) in [6.45, 7) is 2.34. The van der Waals surface area contributed by atoms with Crippen LogP contribution in [0.25, 0.3) is 22.5 Å². The number of benzene rings is 5. The largest absolute Gasteiger partial charge is 0.493 e. The monoisotopic (exact) mass is 652 g/mol. The van der Waals surface area contributed by atoms with E-state index in [4.69, 9.17) is 19.2 Å². The summed E-state index contributed by atoms with van der Waals surface area (Å²) < 4.78 is 19.6. The average Bonchev–Trinajstić information content (AvgIpc) is 3.44. The van der Waals surface area contributed by atoms with E-state index in [0.29, 0.717) is 38.7 Å². The fraction of sp³-hybridized carbons (Fsp3) is 0.125. The number of hydrogen-bond donors (Lipinski definition) is 0. The van der Waals surface area contributed by atoms with Crippen LogP contribution < -0.4 is 24.4 Å². The average molecular weight is 653 g/mol. The van der Waals surface area contributed by atoms with E-state index in [1.165, 1.54) is 11.3 Å². The van der Waals surface area contributed by atoms with Gasteiger partial charge in [-0.2, -0.15) is 0 Å². The first-order valence-corrected chi connectivity index (χ1v) is 16.5. The van der Waals surface area contributed by atoms with Crippen LogP contribution in [-0.4, -0.2) is 24.3 Å². The van der Waals surface area contributed by atoms with Crippen LogP contribution in [0.1, 0.15) is 35.2 Å². The summed E-state index contributed by atoms with van der Waals surface area (Å²) in [6.07, 6.45) is 1.82. The highest BCUT2D eigenvalue weighted by Gasteiger charge is 2.35. The van der Waals surface area contributed by atoms with Crippen LogP contribution in [0.15, 0.2) is 137 Å². The maximum Gasteiger partial charge on any atom is 0.338 e. The molecule has 6 aromatic rings. The highest BCUT2D eigenvalue weighted by molar-refractivity contribution is 7.07. The van der Waals surface area contributed by atoms with Gasteiger partial charge in [0.1, 0.15) is 6.61 Å². The lowest BCUT2D eigenvalue weighted by atomic mass is 9.93. The molecule has 2 heterocycles. The molecule has 0 saturated carbocycles. The van der Waals surface area contributed by atoms with Crippen LogP contribution in [0, 0.1) is 0 Å². The van der Waals surface area contributed by atoms with Gasteiger partial charge in [-0.05, 0) is 52.6 Å². The molecule has 0 amide bonds. The number of ether oxygens (including phenoxy) is 3. The van der Waals surface area contributed by atoms with Gasteiger partial charge in [0.2, 0.25) is 0 Å². The van der Waals surface area contributed by atoms with Crippen molar-refractivity contribution in [2.75, 3.05) is 13.7 Å². The molecule has 5 aromatic carbocycles. The van der Waals surface area contributed by atoms with Crippen molar-refractivity contribution >= 4 is 39.9 Å². The fourth-order valence-electron chi connectivity index (χ4n) is 6.01. The Balaban J connectivity index is 1.30. The van der Waals surface area contributed by atoms with Gasteiger partial charge in [0.15, 0.2) is 16.3 Å². The molecule has 0 saturated heterocycles. The SMILES string of the molecule is CCOC(=O)C1=C(c2ccccc2)N=c2s/c(=C\c3ccc(OCc4cccc5ccccc45)c(OC)c3)c(=O)n2[C@@H]1c1ccccc1. The molecule has 0 aliphatic carbocycles. The van der Waals surface area contributed by atoms with Gasteiger partial charge in [0.25, 0.3) is 5.56 Å². The second kappa shape index (κ2) is 13.6. The third kappa shape index (κ3) is 5.94.